The number of allylic oxidation sites excluding steroid dienone is 1. The lowest BCUT2D eigenvalue weighted by molar-refractivity contribution is 0.101. The van der Waals surface area contributed by atoms with Gasteiger partial charge < -0.3 is 4.74 Å². The Hall–Kier alpha value is -3.24. The van der Waals surface area contributed by atoms with Gasteiger partial charge in [-0.1, -0.05) is 67.3 Å². The summed E-state index contributed by atoms with van der Waals surface area (Å²) in [7, 11) is -1.28. The minimum absolute atomic E-state index is 0.00673. The summed E-state index contributed by atoms with van der Waals surface area (Å²) in [6, 6.07) is 21.0. The van der Waals surface area contributed by atoms with Crippen LogP contribution in [0.5, 0.6) is 5.75 Å². The molecule has 0 saturated heterocycles. The van der Waals surface area contributed by atoms with Crippen LogP contribution in [-0.2, 0) is 16.6 Å². The highest BCUT2D eigenvalue weighted by molar-refractivity contribution is 7.84. The molecule has 0 aromatic heterocycles. The van der Waals surface area contributed by atoms with Gasteiger partial charge >= 0.3 is 0 Å². The first kappa shape index (κ1) is 23.4. The van der Waals surface area contributed by atoms with Crippen LogP contribution in [0.25, 0.3) is 12.7 Å². The van der Waals surface area contributed by atoms with E-state index in [9.17, 15) is 9.00 Å². The van der Waals surface area contributed by atoms with E-state index < -0.39 is 10.8 Å². The molecule has 32 heavy (non-hydrogen) atoms. The molecular formula is C28H28O3S. The number of hydrogen-bond acceptors (Lipinski definition) is 3. The van der Waals surface area contributed by atoms with Crippen LogP contribution < -0.4 is 15.2 Å². The highest BCUT2D eigenvalue weighted by Gasteiger charge is 2.14. The first-order valence-corrected chi connectivity index (χ1v) is 11.8. The van der Waals surface area contributed by atoms with E-state index in [2.05, 4.69) is 6.58 Å². The Morgan fingerprint density at radius 2 is 1.78 bits per heavy atom. The Kier molecular flexibility index (Phi) is 7.96. The molecule has 1 atom stereocenters. The summed E-state index contributed by atoms with van der Waals surface area (Å²) in [5.41, 5.74) is 3.44. The van der Waals surface area contributed by atoms with E-state index in [4.69, 9.17) is 4.74 Å². The molecule has 0 fully saturated rings. The van der Waals surface area contributed by atoms with Crippen molar-refractivity contribution in [3.8, 4) is 5.75 Å². The van der Waals surface area contributed by atoms with Crippen LogP contribution >= 0.6 is 0 Å². The lowest BCUT2D eigenvalue weighted by atomic mass is 10.0. The van der Waals surface area contributed by atoms with Gasteiger partial charge in [0.2, 0.25) is 0 Å². The Balaban J connectivity index is 1.70. The van der Waals surface area contributed by atoms with Crippen LogP contribution in [0.3, 0.4) is 0 Å². The van der Waals surface area contributed by atoms with E-state index in [1.165, 1.54) is 0 Å². The number of hydrogen-bond donors (Lipinski definition) is 0. The van der Waals surface area contributed by atoms with Crippen molar-refractivity contribution < 1.29 is 13.7 Å². The molecule has 3 nitrogen and oxygen atoms in total. The third-order valence-electron chi connectivity index (χ3n) is 5.14. The lowest BCUT2D eigenvalue weighted by Crippen LogP contribution is -2.21. The Bertz CT molecular complexity index is 1290. The summed E-state index contributed by atoms with van der Waals surface area (Å²) in [6.45, 7) is 9.91. The van der Waals surface area contributed by atoms with Crippen LogP contribution in [0.1, 0.15) is 35.3 Å². The molecule has 0 heterocycles. The Morgan fingerprint density at radius 1 is 1.03 bits per heavy atom. The summed E-state index contributed by atoms with van der Waals surface area (Å²) in [6.07, 6.45) is 4.05. The lowest BCUT2D eigenvalue weighted by Gasteiger charge is -2.11. The topological polar surface area (TPSA) is 43.4 Å². The van der Waals surface area contributed by atoms with Gasteiger partial charge in [-0.2, -0.15) is 0 Å². The average molecular weight is 445 g/mol. The molecule has 0 radical (unpaired) electrons. The van der Waals surface area contributed by atoms with Gasteiger partial charge in [0.05, 0.1) is 16.6 Å². The first-order valence-electron chi connectivity index (χ1n) is 10.5. The molecule has 0 aliphatic rings. The number of Topliss-reactive ketones (excluding diaryl/α,β-unsaturated/α-hetero) is 1. The molecule has 0 bridgehead atoms. The smallest absolute Gasteiger partial charge is 0.160 e. The number of ketones is 1. The third kappa shape index (κ3) is 6.14. The maximum absolute atomic E-state index is 13.0. The normalized spacial score (nSPS) is 13.1. The minimum atomic E-state index is -1.28. The van der Waals surface area contributed by atoms with Gasteiger partial charge in [0.25, 0.3) is 0 Å². The number of carbonyl (C=O) groups is 1. The molecule has 0 amide bonds. The monoisotopic (exact) mass is 444 g/mol. The van der Waals surface area contributed by atoms with Crippen LogP contribution in [0.2, 0.25) is 0 Å². The number of ether oxygens (including phenoxy) is 1. The third-order valence-corrected chi connectivity index (χ3v) is 6.49. The fraction of sp³-hybridized carbons (Fsp3) is 0.179. The molecule has 1 unspecified atom stereocenters. The minimum Gasteiger partial charge on any atom is -0.489 e. The zero-order valence-electron chi connectivity index (χ0n) is 18.8. The van der Waals surface area contributed by atoms with Crippen molar-refractivity contribution in [1.29, 1.82) is 0 Å². The maximum atomic E-state index is 13.0. The summed E-state index contributed by atoms with van der Waals surface area (Å²) in [5.74, 6) is 0.947. The fourth-order valence-electron chi connectivity index (χ4n) is 3.46. The molecule has 0 saturated carbocycles. The maximum Gasteiger partial charge on any atom is 0.160 e. The van der Waals surface area contributed by atoms with Gasteiger partial charge in [-0.25, -0.2) is 0 Å². The molecule has 0 aliphatic carbocycles. The number of benzene rings is 3. The Labute approximate surface area is 192 Å². The summed E-state index contributed by atoms with van der Waals surface area (Å²) < 4.78 is 18.9. The first-order chi connectivity index (χ1) is 15.3. The van der Waals surface area contributed by atoms with Gasteiger partial charge in [-0.15, -0.1) is 0 Å². The highest BCUT2D eigenvalue weighted by Crippen LogP contribution is 2.22. The molecule has 4 heteroatoms. The second-order valence-corrected chi connectivity index (χ2v) is 9.25. The number of aryl methyl sites for hydroxylation is 1. The van der Waals surface area contributed by atoms with Gasteiger partial charge in [0, 0.05) is 10.5 Å². The van der Waals surface area contributed by atoms with Gasteiger partial charge in [0.15, 0.2) is 5.78 Å². The number of rotatable bonds is 8. The molecule has 3 aromatic rings. The molecular weight excluding hydrogens is 416 g/mol. The SMILES string of the molecule is C=c1cccc/c1=C/C=C(\C)COc1cccc(S(=O)Cc2cccc(C)c2C(C)=O)c1. The molecule has 0 aliphatic heterocycles. The van der Waals surface area contributed by atoms with Crippen molar-refractivity contribution >= 4 is 29.2 Å². The number of carbonyl (C=O) groups excluding carboxylic acids is 1. The zero-order valence-corrected chi connectivity index (χ0v) is 19.6. The molecule has 0 spiro atoms. The van der Waals surface area contributed by atoms with Gasteiger partial charge in [-0.05, 0) is 66.1 Å². The van der Waals surface area contributed by atoms with Crippen molar-refractivity contribution in [1.82, 2.24) is 0 Å². The predicted octanol–water partition coefficient (Wildman–Crippen LogP) is 4.72. The van der Waals surface area contributed by atoms with Crippen molar-refractivity contribution in [3.63, 3.8) is 0 Å². The molecule has 3 aromatic carbocycles. The summed E-state index contributed by atoms with van der Waals surface area (Å²) >= 11 is 0. The van der Waals surface area contributed by atoms with Gasteiger partial charge in [-0.3, -0.25) is 9.00 Å². The Morgan fingerprint density at radius 3 is 2.53 bits per heavy atom. The van der Waals surface area contributed by atoms with E-state index >= 15 is 0 Å². The second-order valence-electron chi connectivity index (χ2n) is 7.80. The summed E-state index contributed by atoms with van der Waals surface area (Å²) in [5, 5.41) is 2.06. The van der Waals surface area contributed by atoms with Crippen LogP contribution in [0.15, 0.2) is 83.3 Å². The molecule has 3 rings (SSSR count). The average Bonchev–Trinajstić information content (AvgIpc) is 2.77. The van der Waals surface area contributed by atoms with Crippen molar-refractivity contribution in [2.24, 2.45) is 0 Å². The standard InChI is InChI=1S/C28H28O3S/c1-20(15-16-24-11-6-5-9-21(24)2)18-31-26-13-8-14-27(17-26)32(30)19-25-12-7-10-22(3)28(25)23(4)29/h5-17H,2,18-19H2,1,3-4H3/b20-15+,24-16-. The van der Waals surface area contributed by atoms with E-state index in [-0.39, 0.29) is 5.78 Å². The molecule has 164 valence electrons. The predicted molar refractivity (Wildman–Crippen MR) is 133 cm³/mol. The summed E-state index contributed by atoms with van der Waals surface area (Å²) in [4.78, 5) is 12.7. The largest absolute Gasteiger partial charge is 0.489 e. The van der Waals surface area contributed by atoms with E-state index in [0.717, 1.165) is 27.1 Å². The van der Waals surface area contributed by atoms with E-state index in [0.29, 0.717) is 28.6 Å². The van der Waals surface area contributed by atoms with Crippen molar-refractivity contribution in [3.05, 3.63) is 106 Å². The fourth-order valence-corrected chi connectivity index (χ4v) is 4.62. The van der Waals surface area contributed by atoms with Crippen LogP contribution in [0.4, 0.5) is 0 Å². The van der Waals surface area contributed by atoms with Crippen LogP contribution in [0, 0.1) is 6.92 Å². The van der Waals surface area contributed by atoms with Gasteiger partial charge in [0.1, 0.15) is 12.4 Å². The molecule has 0 N–H and O–H groups in total. The zero-order chi connectivity index (χ0) is 23.1. The highest BCUT2D eigenvalue weighted by atomic mass is 32.2. The quantitative estimate of drug-likeness (QED) is 0.472. The van der Waals surface area contributed by atoms with E-state index in [1.54, 1.807) is 6.92 Å². The van der Waals surface area contributed by atoms with Crippen molar-refractivity contribution in [2.45, 2.75) is 31.4 Å². The van der Waals surface area contributed by atoms with Crippen molar-refractivity contribution in [2.75, 3.05) is 6.61 Å². The second kappa shape index (κ2) is 10.9. The van der Waals surface area contributed by atoms with E-state index in [1.807, 2.05) is 92.7 Å². The van der Waals surface area contributed by atoms with Crippen LogP contribution in [-0.4, -0.2) is 16.6 Å².